The normalized spacial score (nSPS) is 12.2. The Balaban J connectivity index is 2.18. The number of halogens is 1. The van der Waals surface area contributed by atoms with E-state index in [1.807, 2.05) is 0 Å². The molecule has 0 saturated heterocycles. The lowest BCUT2D eigenvalue weighted by Gasteiger charge is -2.18. The highest BCUT2D eigenvalue weighted by molar-refractivity contribution is 14.1. The molecule has 1 atom stereocenters. The molecule has 2 heteroatoms. The Kier molecular flexibility index (Phi) is 4.27. The van der Waals surface area contributed by atoms with Crippen molar-refractivity contribution in [3.63, 3.8) is 0 Å². The van der Waals surface area contributed by atoms with Crippen LogP contribution in [0.15, 0.2) is 42.5 Å². The van der Waals surface area contributed by atoms with Gasteiger partial charge >= 0.3 is 0 Å². The topological polar surface area (TPSA) is 12.0 Å². The Bertz CT molecular complexity index is 549. The van der Waals surface area contributed by atoms with Gasteiger partial charge in [-0.15, -0.1) is 0 Å². The third kappa shape index (κ3) is 3.25. The van der Waals surface area contributed by atoms with Crippen LogP contribution in [0.3, 0.4) is 0 Å². The molecule has 1 N–H and O–H groups in total. The minimum atomic E-state index is 0.323. The molecule has 0 aliphatic heterocycles. The predicted molar refractivity (Wildman–Crippen MR) is 87.1 cm³/mol. The van der Waals surface area contributed by atoms with Crippen LogP contribution in [-0.2, 0) is 0 Å². The second-order valence-electron chi connectivity index (χ2n) is 4.74. The minimum absolute atomic E-state index is 0.323. The fourth-order valence-electron chi connectivity index (χ4n) is 2.05. The van der Waals surface area contributed by atoms with Gasteiger partial charge in [-0.2, -0.15) is 0 Å². The van der Waals surface area contributed by atoms with Crippen LogP contribution in [-0.4, -0.2) is 0 Å². The number of hydrogen-bond acceptors (Lipinski definition) is 1. The van der Waals surface area contributed by atoms with Gasteiger partial charge in [-0.3, -0.25) is 0 Å². The number of rotatable bonds is 3. The summed E-state index contributed by atoms with van der Waals surface area (Å²) in [6.07, 6.45) is 0. The fraction of sp³-hybridized carbons (Fsp3) is 0.250. The average molecular weight is 351 g/mol. The highest BCUT2D eigenvalue weighted by Crippen LogP contribution is 2.23. The van der Waals surface area contributed by atoms with Gasteiger partial charge in [-0.1, -0.05) is 29.8 Å². The zero-order valence-electron chi connectivity index (χ0n) is 11.0. The van der Waals surface area contributed by atoms with E-state index in [0.29, 0.717) is 6.04 Å². The number of benzene rings is 2. The van der Waals surface area contributed by atoms with E-state index in [0.717, 1.165) is 0 Å². The van der Waals surface area contributed by atoms with Crippen molar-refractivity contribution in [3.8, 4) is 0 Å². The number of anilines is 1. The van der Waals surface area contributed by atoms with Crippen LogP contribution >= 0.6 is 22.6 Å². The Morgan fingerprint density at radius 3 is 2.50 bits per heavy atom. The van der Waals surface area contributed by atoms with Crippen molar-refractivity contribution < 1.29 is 0 Å². The van der Waals surface area contributed by atoms with Crippen molar-refractivity contribution in [3.05, 3.63) is 62.7 Å². The molecule has 0 fully saturated rings. The van der Waals surface area contributed by atoms with Crippen molar-refractivity contribution in [1.82, 2.24) is 0 Å². The van der Waals surface area contributed by atoms with Crippen LogP contribution in [0.25, 0.3) is 0 Å². The molecule has 1 unspecified atom stereocenters. The smallest absolute Gasteiger partial charge is 0.0485 e. The number of nitrogens with one attached hydrogen (secondary N) is 1. The molecule has 94 valence electrons. The Morgan fingerprint density at radius 2 is 1.83 bits per heavy atom. The lowest BCUT2D eigenvalue weighted by Crippen LogP contribution is -2.07. The first-order valence-electron chi connectivity index (χ1n) is 6.15. The van der Waals surface area contributed by atoms with E-state index in [1.54, 1.807) is 0 Å². The largest absolute Gasteiger partial charge is 0.378 e. The van der Waals surface area contributed by atoms with Gasteiger partial charge < -0.3 is 5.32 Å². The highest BCUT2D eigenvalue weighted by atomic mass is 127. The van der Waals surface area contributed by atoms with Crippen LogP contribution in [0.1, 0.15) is 29.7 Å². The third-order valence-corrected chi connectivity index (χ3v) is 3.77. The average Bonchev–Trinajstić information content (AvgIpc) is 2.32. The molecule has 0 aromatic heterocycles. The van der Waals surface area contributed by atoms with Crippen molar-refractivity contribution in [2.75, 3.05) is 5.32 Å². The van der Waals surface area contributed by atoms with E-state index < -0.39 is 0 Å². The van der Waals surface area contributed by atoms with Crippen molar-refractivity contribution in [2.24, 2.45) is 0 Å². The Hall–Kier alpha value is -1.03. The van der Waals surface area contributed by atoms with Crippen LogP contribution in [0.5, 0.6) is 0 Å². The maximum Gasteiger partial charge on any atom is 0.0485 e. The van der Waals surface area contributed by atoms with Gasteiger partial charge in [0.25, 0.3) is 0 Å². The van der Waals surface area contributed by atoms with E-state index in [9.17, 15) is 0 Å². The molecule has 18 heavy (non-hydrogen) atoms. The van der Waals surface area contributed by atoms with Gasteiger partial charge in [0, 0.05) is 15.3 Å². The number of aryl methyl sites for hydroxylation is 2. The summed E-state index contributed by atoms with van der Waals surface area (Å²) < 4.78 is 1.28. The predicted octanol–water partition coefficient (Wildman–Crippen LogP) is 5.08. The molecule has 0 heterocycles. The van der Waals surface area contributed by atoms with Gasteiger partial charge in [0.1, 0.15) is 0 Å². The molecule has 0 radical (unpaired) electrons. The first-order chi connectivity index (χ1) is 8.56. The van der Waals surface area contributed by atoms with Crippen molar-refractivity contribution in [2.45, 2.75) is 26.8 Å². The van der Waals surface area contributed by atoms with Gasteiger partial charge in [0.15, 0.2) is 0 Å². The lowest BCUT2D eigenvalue weighted by molar-refractivity contribution is 0.880. The summed E-state index contributed by atoms with van der Waals surface area (Å²) in [5, 5.41) is 3.58. The lowest BCUT2D eigenvalue weighted by atomic mass is 10.0. The first-order valence-corrected chi connectivity index (χ1v) is 7.23. The monoisotopic (exact) mass is 351 g/mol. The summed E-state index contributed by atoms with van der Waals surface area (Å²) in [5.74, 6) is 0. The highest BCUT2D eigenvalue weighted by Gasteiger charge is 2.07. The summed E-state index contributed by atoms with van der Waals surface area (Å²) in [5.41, 5.74) is 5.14. The quantitative estimate of drug-likeness (QED) is 0.761. The summed E-state index contributed by atoms with van der Waals surface area (Å²) >= 11 is 2.34. The molecule has 0 aliphatic carbocycles. The summed E-state index contributed by atoms with van der Waals surface area (Å²) in [6, 6.07) is 15.5. The maximum atomic E-state index is 3.58. The molecule has 0 aliphatic rings. The SMILES string of the molecule is Cc1cccc(C(C)Nc2ccc(I)cc2C)c1. The van der Waals surface area contributed by atoms with Crippen LogP contribution in [0, 0.1) is 17.4 Å². The van der Waals surface area contributed by atoms with Gasteiger partial charge in [0.05, 0.1) is 0 Å². The van der Waals surface area contributed by atoms with E-state index in [1.165, 1.54) is 25.9 Å². The van der Waals surface area contributed by atoms with Gasteiger partial charge in [-0.25, -0.2) is 0 Å². The molecule has 2 aromatic rings. The Morgan fingerprint density at radius 1 is 1.06 bits per heavy atom. The molecular weight excluding hydrogens is 333 g/mol. The fourth-order valence-corrected chi connectivity index (χ4v) is 2.69. The molecule has 0 amide bonds. The Labute approximate surface area is 123 Å². The van der Waals surface area contributed by atoms with E-state index >= 15 is 0 Å². The second-order valence-corrected chi connectivity index (χ2v) is 5.99. The zero-order valence-corrected chi connectivity index (χ0v) is 13.2. The molecule has 2 rings (SSSR count). The summed E-state index contributed by atoms with van der Waals surface area (Å²) in [7, 11) is 0. The van der Waals surface area contributed by atoms with Crippen molar-refractivity contribution >= 4 is 28.3 Å². The molecule has 2 aromatic carbocycles. The molecule has 1 nitrogen and oxygen atoms in total. The molecular formula is C16H18IN. The summed E-state index contributed by atoms with van der Waals surface area (Å²) in [6.45, 7) is 6.48. The standard InChI is InChI=1S/C16H18IN/c1-11-5-4-6-14(9-11)13(3)18-16-8-7-15(17)10-12(16)2/h4-10,13,18H,1-3H3. The van der Waals surface area contributed by atoms with Crippen LogP contribution in [0.4, 0.5) is 5.69 Å². The van der Waals surface area contributed by atoms with E-state index in [-0.39, 0.29) is 0 Å². The molecule has 0 bridgehead atoms. The van der Waals surface area contributed by atoms with Crippen LogP contribution < -0.4 is 5.32 Å². The maximum absolute atomic E-state index is 3.58. The zero-order chi connectivity index (χ0) is 13.1. The summed E-state index contributed by atoms with van der Waals surface area (Å²) in [4.78, 5) is 0. The number of hydrogen-bond donors (Lipinski definition) is 1. The van der Waals surface area contributed by atoms with Crippen molar-refractivity contribution in [1.29, 1.82) is 0 Å². The minimum Gasteiger partial charge on any atom is -0.378 e. The molecule has 0 spiro atoms. The first kappa shape index (κ1) is 13.4. The van der Waals surface area contributed by atoms with Crippen LogP contribution in [0.2, 0.25) is 0 Å². The van der Waals surface area contributed by atoms with Gasteiger partial charge in [0.2, 0.25) is 0 Å². The van der Waals surface area contributed by atoms with E-state index in [4.69, 9.17) is 0 Å². The molecule has 0 saturated carbocycles. The van der Waals surface area contributed by atoms with Gasteiger partial charge in [-0.05, 0) is 72.7 Å². The van der Waals surface area contributed by atoms with E-state index in [2.05, 4.69) is 91.1 Å². The second kappa shape index (κ2) is 5.74. The third-order valence-electron chi connectivity index (χ3n) is 3.10.